The Kier molecular flexibility index (Phi) is 3.08. The van der Waals surface area contributed by atoms with Crippen LogP contribution in [0.5, 0.6) is 0 Å². The highest BCUT2D eigenvalue weighted by Gasteiger charge is 2.29. The smallest absolute Gasteiger partial charge is 0.227 e. The Hall–Kier alpha value is -2.46. The summed E-state index contributed by atoms with van der Waals surface area (Å²) in [7, 11) is 0. The van der Waals surface area contributed by atoms with E-state index in [4.69, 9.17) is 5.73 Å². The molecule has 0 bridgehead atoms. The predicted molar refractivity (Wildman–Crippen MR) is 76.8 cm³/mol. The van der Waals surface area contributed by atoms with E-state index in [1.165, 1.54) is 6.33 Å². The Morgan fingerprint density at radius 2 is 2.15 bits per heavy atom. The Morgan fingerprint density at radius 1 is 1.40 bits per heavy atom. The molecule has 0 spiro atoms. The average Bonchev–Trinajstić information content (AvgIpc) is 2.93. The maximum absolute atomic E-state index is 9.36. The summed E-state index contributed by atoms with van der Waals surface area (Å²) >= 11 is 1.67. The van der Waals surface area contributed by atoms with Gasteiger partial charge in [0.25, 0.3) is 0 Å². The molecule has 1 aliphatic rings. The molecule has 2 aromatic rings. The van der Waals surface area contributed by atoms with Gasteiger partial charge in [0.2, 0.25) is 5.95 Å². The number of aromatic nitrogens is 3. The monoisotopic (exact) mass is 284 g/mol. The van der Waals surface area contributed by atoms with E-state index in [9.17, 15) is 5.26 Å². The summed E-state index contributed by atoms with van der Waals surface area (Å²) in [5, 5.41) is 16.4. The summed E-state index contributed by atoms with van der Waals surface area (Å²) in [6.07, 6.45) is 3.47. The lowest BCUT2D eigenvalue weighted by Gasteiger charge is -2.25. The molecule has 0 fully saturated rings. The first-order chi connectivity index (χ1) is 9.74. The van der Waals surface area contributed by atoms with Gasteiger partial charge in [-0.05, 0) is 24.0 Å². The Labute approximate surface area is 120 Å². The molecule has 3 rings (SSSR count). The number of thioether (sulfide) groups is 1. The highest BCUT2D eigenvalue weighted by molar-refractivity contribution is 7.98. The van der Waals surface area contributed by atoms with Crippen molar-refractivity contribution in [1.82, 2.24) is 14.8 Å². The molecule has 3 N–H and O–H groups in total. The van der Waals surface area contributed by atoms with Crippen molar-refractivity contribution in [3.8, 4) is 6.07 Å². The van der Waals surface area contributed by atoms with Crippen molar-refractivity contribution in [2.75, 3.05) is 11.6 Å². The van der Waals surface area contributed by atoms with Crippen molar-refractivity contribution in [1.29, 1.82) is 5.26 Å². The van der Waals surface area contributed by atoms with Crippen LogP contribution < -0.4 is 11.1 Å². The number of benzene rings is 1. The summed E-state index contributed by atoms with van der Waals surface area (Å²) in [4.78, 5) is 5.26. The Balaban J connectivity index is 2.12. The van der Waals surface area contributed by atoms with E-state index < -0.39 is 0 Å². The quantitative estimate of drug-likeness (QED) is 0.816. The van der Waals surface area contributed by atoms with E-state index in [0.29, 0.717) is 17.3 Å². The lowest BCUT2D eigenvalue weighted by molar-refractivity contribution is 0.585. The number of hydrogen-bond acceptors (Lipinski definition) is 6. The van der Waals surface area contributed by atoms with Gasteiger partial charge < -0.3 is 11.1 Å². The fraction of sp³-hybridized carbons (Fsp3) is 0.154. The normalized spacial score (nSPS) is 17.3. The summed E-state index contributed by atoms with van der Waals surface area (Å²) < 4.78 is 1.67. The lowest BCUT2D eigenvalue weighted by Crippen LogP contribution is -2.28. The molecule has 0 aliphatic carbocycles. The molecule has 1 atom stereocenters. The van der Waals surface area contributed by atoms with Gasteiger partial charge in [-0.2, -0.15) is 15.3 Å². The molecule has 0 saturated carbocycles. The van der Waals surface area contributed by atoms with Crippen molar-refractivity contribution in [2.24, 2.45) is 5.73 Å². The second-order valence-corrected chi connectivity index (χ2v) is 5.15. The van der Waals surface area contributed by atoms with E-state index in [2.05, 4.69) is 21.5 Å². The molecule has 0 saturated heterocycles. The van der Waals surface area contributed by atoms with Crippen LogP contribution in [0, 0.1) is 11.3 Å². The third-order valence-corrected chi connectivity index (χ3v) is 3.92. The van der Waals surface area contributed by atoms with E-state index in [0.717, 1.165) is 10.5 Å². The maximum Gasteiger partial charge on any atom is 0.227 e. The van der Waals surface area contributed by atoms with Gasteiger partial charge in [-0.3, -0.25) is 0 Å². The van der Waals surface area contributed by atoms with E-state index in [1.807, 2.05) is 30.5 Å². The Bertz CT molecular complexity index is 709. The zero-order valence-corrected chi connectivity index (χ0v) is 11.6. The molecule has 100 valence electrons. The number of nitrogens with two attached hydrogens (primary N) is 1. The summed E-state index contributed by atoms with van der Waals surface area (Å²) in [5.41, 5.74) is 7.31. The summed E-state index contributed by atoms with van der Waals surface area (Å²) in [6.45, 7) is 0. The van der Waals surface area contributed by atoms with Crippen molar-refractivity contribution in [3.05, 3.63) is 47.6 Å². The molecule has 7 heteroatoms. The molecule has 1 aromatic heterocycles. The Morgan fingerprint density at radius 3 is 2.80 bits per heavy atom. The average molecular weight is 284 g/mol. The number of fused-ring (bicyclic) bond motifs is 1. The largest absolute Gasteiger partial charge is 0.384 e. The van der Waals surface area contributed by atoms with Crippen LogP contribution >= 0.6 is 11.8 Å². The molecule has 2 heterocycles. The molecule has 0 amide bonds. The SMILES string of the molecule is CSc1ccc(C2C(C#N)=C(N)Nc3ncnn32)cc1. The van der Waals surface area contributed by atoms with Crippen LogP contribution in [-0.2, 0) is 0 Å². The number of rotatable bonds is 2. The number of nitrogens with one attached hydrogen (secondary N) is 1. The van der Waals surface area contributed by atoms with Gasteiger partial charge >= 0.3 is 0 Å². The van der Waals surface area contributed by atoms with Gasteiger partial charge in [-0.15, -0.1) is 11.8 Å². The first-order valence-corrected chi connectivity index (χ1v) is 7.17. The second-order valence-electron chi connectivity index (χ2n) is 4.27. The molecule has 1 aliphatic heterocycles. The third kappa shape index (κ3) is 1.90. The predicted octanol–water partition coefficient (Wildman–Crippen LogP) is 1.71. The zero-order chi connectivity index (χ0) is 14.1. The van der Waals surface area contributed by atoms with Crippen LogP contribution in [-0.4, -0.2) is 21.0 Å². The van der Waals surface area contributed by atoms with Gasteiger partial charge in [0, 0.05) is 4.90 Å². The topological polar surface area (TPSA) is 92.6 Å². The fourth-order valence-electron chi connectivity index (χ4n) is 2.20. The molecular weight excluding hydrogens is 272 g/mol. The molecule has 1 unspecified atom stereocenters. The standard InChI is InChI=1S/C13H12N6S/c1-20-9-4-2-8(3-5-9)11-10(6-14)12(15)18-13-16-7-17-19(11)13/h2-5,7,11H,15H2,1H3,(H,16,17,18). The van der Waals surface area contributed by atoms with Crippen molar-refractivity contribution in [2.45, 2.75) is 10.9 Å². The van der Waals surface area contributed by atoms with Crippen molar-refractivity contribution < 1.29 is 0 Å². The number of hydrogen-bond donors (Lipinski definition) is 2. The molecule has 1 aromatic carbocycles. The lowest BCUT2D eigenvalue weighted by atomic mass is 9.98. The van der Waals surface area contributed by atoms with Crippen molar-refractivity contribution >= 4 is 17.7 Å². The van der Waals surface area contributed by atoms with Crippen molar-refractivity contribution in [3.63, 3.8) is 0 Å². The minimum Gasteiger partial charge on any atom is -0.384 e. The van der Waals surface area contributed by atoms with Crippen LogP contribution in [0.1, 0.15) is 11.6 Å². The number of allylic oxidation sites excluding steroid dienone is 1. The van der Waals surface area contributed by atoms with Crippen LogP contribution in [0.15, 0.2) is 46.9 Å². The minimum atomic E-state index is -0.338. The number of nitriles is 1. The molecule has 6 nitrogen and oxygen atoms in total. The fourth-order valence-corrected chi connectivity index (χ4v) is 2.61. The molecule has 0 radical (unpaired) electrons. The van der Waals surface area contributed by atoms with Crippen LogP contribution in [0.2, 0.25) is 0 Å². The first kappa shape index (κ1) is 12.6. The zero-order valence-electron chi connectivity index (χ0n) is 10.7. The van der Waals surface area contributed by atoms with E-state index in [1.54, 1.807) is 16.4 Å². The first-order valence-electron chi connectivity index (χ1n) is 5.95. The van der Waals surface area contributed by atoms with Gasteiger partial charge in [-0.25, -0.2) is 4.68 Å². The van der Waals surface area contributed by atoms with Crippen LogP contribution in [0.4, 0.5) is 5.95 Å². The third-order valence-electron chi connectivity index (χ3n) is 3.18. The second kappa shape index (κ2) is 4.90. The van der Waals surface area contributed by atoms with Gasteiger partial charge in [-0.1, -0.05) is 12.1 Å². The van der Waals surface area contributed by atoms with E-state index >= 15 is 0 Å². The van der Waals surface area contributed by atoms with Gasteiger partial charge in [0.15, 0.2) is 0 Å². The summed E-state index contributed by atoms with van der Waals surface area (Å²) in [6, 6.07) is 9.82. The number of anilines is 1. The van der Waals surface area contributed by atoms with Crippen LogP contribution in [0.25, 0.3) is 0 Å². The minimum absolute atomic E-state index is 0.326. The van der Waals surface area contributed by atoms with Crippen LogP contribution in [0.3, 0.4) is 0 Å². The summed E-state index contributed by atoms with van der Waals surface area (Å²) in [5.74, 6) is 0.868. The van der Waals surface area contributed by atoms with E-state index in [-0.39, 0.29) is 6.04 Å². The van der Waals surface area contributed by atoms with Gasteiger partial charge in [0.05, 0.1) is 5.57 Å². The van der Waals surface area contributed by atoms with Gasteiger partial charge in [0.1, 0.15) is 24.3 Å². The highest BCUT2D eigenvalue weighted by atomic mass is 32.2. The highest BCUT2D eigenvalue weighted by Crippen LogP contribution is 2.33. The molecular formula is C13H12N6S. The maximum atomic E-state index is 9.36. The molecule has 20 heavy (non-hydrogen) atoms. The number of nitrogens with zero attached hydrogens (tertiary/aromatic N) is 4.